The summed E-state index contributed by atoms with van der Waals surface area (Å²) >= 11 is 0. The van der Waals surface area contributed by atoms with Gasteiger partial charge in [0.05, 0.1) is 18.4 Å². The monoisotopic (exact) mass is 228 g/mol. The molecule has 3 heteroatoms. The quantitative estimate of drug-likeness (QED) is 0.781. The lowest BCUT2D eigenvalue weighted by Gasteiger charge is -2.11. The van der Waals surface area contributed by atoms with Gasteiger partial charge in [0, 0.05) is 12.7 Å². The molecular weight excluding hydrogens is 212 g/mol. The SMILES string of the molecule is CC(C)c1ccc2c(c1)[C@@H](CC#N)C(=O)N2C. The fourth-order valence-corrected chi connectivity index (χ4v) is 2.29. The normalized spacial score (nSPS) is 18.4. The zero-order valence-electron chi connectivity index (χ0n) is 10.4. The van der Waals surface area contributed by atoms with E-state index < -0.39 is 0 Å². The second-order valence-corrected chi connectivity index (χ2v) is 4.79. The molecule has 1 aromatic carbocycles. The van der Waals surface area contributed by atoms with E-state index in [1.807, 2.05) is 6.07 Å². The zero-order valence-corrected chi connectivity index (χ0v) is 10.4. The van der Waals surface area contributed by atoms with Gasteiger partial charge in [-0.05, 0) is 23.1 Å². The molecule has 1 amide bonds. The molecule has 2 rings (SSSR count). The first kappa shape index (κ1) is 11.7. The molecule has 0 aliphatic carbocycles. The van der Waals surface area contributed by atoms with Gasteiger partial charge in [0.2, 0.25) is 5.91 Å². The summed E-state index contributed by atoms with van der Waals surface area (Å²) in [6, 6.07) is 8.22. The highest BCUT2D eigenvalue weighted by Gasteiger charge is 2.34. The molecule has 0 spiro atoms. The van der Waals surface area contributed by atoms with Crippen molar-refractivity contribution < 1.29 is 4.79 Å². The Morgan fingerprint density at radius 1 is 1.47 bits per heavy atom. The largest absolute Gasteiger partial charge is 0.315 e. The van der Waals surface area contributed by atoms with E-state index in [-0.39, 0.29) is 18.2 Å². The molecule has 1 aliphatic rings. The summed E-state index contributed by atoms with van der Waals surface area (Å²) in [4.78, 5) is 13.7. The molecule has 0 N–H and O–H groups in total. The van der Waals surface area contributed by atoms with E-state index in [0.29, 0.717) is 5.92 Å². The molecule has 88 valence electrons. The Kier molecular flexibility index (Phi) is 2.89. The van der Waals surface area contributed by atoms with E-state index in [9.17, 15) is 4.79 Å². The minimum atomic E-state index is -0.279. The van der Waals surface area contributed by atoms with Gasteiger partial charge < -0.3 is 4.90 Å². The van der Waals surface area contributed by atoms with Crippen molar-refractivity contribution in [3.63, 3.8) is 0 Å². The van der Waals surface area contributed by atoms with Crippen molar-refractivity contribution in [2.75, 3.05) is 11.9 Å². The highest BCUT2D eigenvalue weighted by atomic mass is 16.2. The minimum Gasteiger partial charge on any atom is -0.315 e. The molecule has 0 saturated heterocycles. The molecule has 17 heavy (non-hydrogen) atoms. The lowest BCUT2D eigenvalue weighted by atomic mass is 9.93. The second kappa shape index (κ2) is 4.21. The van der Waals surface area contributed by atoms with Crippen molar-refractivity contribution >= 4 is 11.6 Å². The number of anilines is 1. The fourth-order valence-electron chi connectivity index (χ4n) is 2.29. The number of hydrogen-bond acceptors (Lipinski definition) is 2. The number of nitriles is 1. The molecule has 0 aromatic heterocycles. The van der Waals surface area contributed by atoms with E-state index in [4.69, 9.17) is 5.26 Å². The van der Waals surface area contributed by atoms with E-state index >= 15 is 0 Å². The topological polar surface area (TPSA) is 44.1 Å². The summed E-state index contributed by atoms with van der Waals surface area (Å²) in [6.45, 7) is 4.25. The predicted octanol–water partition coefficient (Wildman–Crippen LogP) is 2.78. The third-order valence-corrected chi connectivity index (χ3v) is 3.38. The molecule has 3 nitrogen and oxygen atoms in total. The van der Waals surface area contributed by atoms with Crippen LogP contribution in [0.25, 0.3) is 0 Å². The predicted molar refractivity (Wildman–Crippen MR) is 66.9 cm³/mol. The minimum absolute atomic E-state index is 0.0301. The van der Waals surface area contributed by atoms with Gasteiger partial charge in [-0.3, -0.25) is 4.79 Å². The van der Waals surface area contributed by atoms with Crippen LogP contribution in [0.4, 0.5) is 5.69 Å². The molecule has 1 heterocycles. The van der Waals surface area contributed by atoms with E-state index in [0.717, 1.165) is 11.3 Å². The maximum atomic E-state index is 12.0. The maximum Gasteiger partial charge on any atom is 0.235 e. The average Bonchev–Trinajstić information content (AvgIpc) is 2.54. The first-order chi connectivity index (χ1) is 8.06. The van der Waals surface area contributed by atoms with Gasteiger partial charge in [-0.1, -0.05) is 26.0 Å². The standard InChI is InChI=1S/C14H16N2O/c1-9(2)10-4-5-13-12(8-10)11(6-7-15)14(17)16(13)3/h4-5,8-9,11H,6H2,1-3H3/t11-/m1/s1. The lowest BCUT2D eigenvalue weighted by molar-refractivity contribution is -0.118. The van der Waals surface area contributed by atoms with Crippen LogP contribution in [-0.4, -0.2) is 13.0 Å². The van der Waals surface area contributed by atoms with Gasteiger partial charge in [-0.25, -0.2) is 0 Å². The van der Waals surface area contributed by atoms with Crippen LogP contribution in [0.15, 0.2) is 18.2 Å². The van der Waals surface area contributed by atoms with Crippen LogP contribution in [0.5, 0.6) is 0 Å². The van der Waals surface area contributed by atoms with Crippen molar-refractivity contribution in [2.45, 2.75) is 32.1 Å². The summed E-state index contributed by atoms with van der Waals surface area (Å²) in [5, 5.41) is 8.81. The summed E-state index contributed by atoms with van der Waals surface area (Å²) in [7, 11) is 1.77. The zero-order chi connectivity index (χ0) is 12.6. The van der Waals surface area contributed by atoms with E-state index in [2.05, 4.69) is 32.0 Å². The molecular formula is C14H16N2O. The van der Waals surface area contributed by atoms with Gasteiger partial charge in [0.1, 0.15) is 0 Å². The Hall–Kier alpha value is -1.82. The number of hydrogen-bond donors (Lipinski definition) is 0. The molecule has 0 fully saturated rings. The lowest BCUT2D eigenvalue weighted by Crippen LogP contribution is -2.23. The molecule has 0 unspecified atom stereocenters. The highest BCUT2D eigenvalue weighted by Crippen LogP contribution is 2.39. The Morgan fingerprint density at radius 2 is 2.18 bits per heavy atom. The molecule has 0 radical (unpaired) electrons. The highest BCUT2D eigenvalue weighted by molar-refractivity contribution is 6.04. The molecule has 1 aromatic rings. The third kappa shape index (κ3) is 1.80. The van der Waals surface area contributed by atoms with Gasteiger partial charge >= 0.3 is 0 Å². The van der Waals surface area contributed by atoms with Crippen LogP contribution in [0.1, 0.15) is 43.2 Å². The molecule has 1 aliphatic heterocycles. The number of amides is 1. The smallest absolute Gasteiger partial charge is 0.235 e. The maximum absolute atomic E-state index is 12.0. The summed E-state index contributed by atoms with van der Waals surface area (Å²) in [5.74, 6) is 0.185. The fraction of sp³-hybridized carbons (Fsp3) is 0.429. The molecule has 0 saturated carbocycles. The number of rotatable bonds is 2. The van der Waals surface area contributed by atoms with Crippen LogP contribution in [0.3, 0.4) is 0 Å². The number of benzene rings is 1. The van der Waals surface area contributed by atoms with E-state index in [1.165, 1.54) is 5.56 Å². The second-order valence-electron chi connectivity index (χ2n) is 4.79. The number of carbonyl (C=O) groups excluding carboxylic acids is 1. The van der Waals surface area contributed by atoms with Gasteiger partial charge in [0.25, 0.3) is 0 Å². The van der Waals surface area contributed by atoms with Crippen molar-refractivity contribution in [1.82, 2.24) is 0 Å². The molecule has 1 atom stereocenters. The van der Waals surface area contributed by atoms with Gasteiger partial charge in [-0.15, -0.1) is 0 Å². The van der Waals surface area contributed by atoms with E-state index in [1.54, 1.807) is 11.9 Å². The van der Waals surface area contributed by atoms with Crippen LogP contribution in [0.2, 0.25) is 0 Å². The van der Waals surface area contributed by atoms with Gasteiger partial charge in [-0.2, -0.15) is 5.26 Å². The number of fused-ring (bicyclic) bond motifs is 1. The summed E-state index contributed by atoms with van der Waals surface area (Å²) in [5.41, 5.74) is 3.17. The van der Waals surface area contributed by atoms with Crippen LogP contribution in [-0.2, 0) is 4.79 Å². The number of nitrogens with zero attached hydrogens (tertiary/aromatic N) is 2. The third-order valence-electron chi connectivity index (χ3n) is 3.38. The Labute approximate surface area is 102 Å². The summed E-state index contributed by atoms with van der Waals surface area (Å²) < 4.78 is 0. The Morgan fingerprint density at radius 3 is 2.76 bits per heavy atom. The van der Waals surface area contributed by atoms with Crippen molar-refractivity contribution in [1.29, 1.82) is 5.26 Å². The first-order valence-electron chi connectivity index (χ1n) is 5.84. The van der Waals surface area contributed by atoms with Crippen molar-refractivity contribution in [3.05, 3.63) is 29.3 Å². The van der Waals surface area contributed by atoms with Crippen LogP contribution < -0.4 is 4.90 Å². The Balaban J connectivity index is 2.50. The van der Waals surface area contributed by atoms with Crippen LogP contribution in [0, 0.1) is 11.3 Å². The van der Waals surface area contributed by atoms with Gasteiger partial charge in [0.15, 0.2) is 0 Å². The van der Waals surface area contributed by atoms with Crippen molar-refractivity contribution in [2.24, 2.45) is 0 Å². The molecule has 0 bridgehead atoms. The summed E-state index contributed by atoms with van der Waals surface area (Å²) in [6.07, 6.45) is 0.262. The first-order valence-corrected chi connectivity index (χ1v) is 5.84. The number of likely N-dealkylation sites (N-methyl/N-ethyl adjacent to an activating group) is 1. The van der Waals surface area contributed by atoms with Crippen molar-refractivity contribution in [3.8, 4) is 6.07 Å². The van der Waals surface area contributed by atoms with Crippen LogP contribution >= 0.6 is 0 Å². The Bertz CT molecular complexity index is 499. The number of carbonyl (C=O) groups is 1. The average molecular weight is 228 g/mol.